The summed E-state index contributed by atoms with van der Waals surface area (Å²) in [6.07, 6.45) is 1.83. The van der Waals surface area contributed by atoms with Crippen molar-refractivity contribution in [1.82, 2.24) is 4.57 Å². The van der Waals surface area contributed by atoms with E-state index >= 15 is 0 Å². The summed E-state index contributed by atoms with van der Waals surface area (Å²) in [4.78, 5) is 33.7. The van der Waals surface area contributed by atoms with Crippen LogP contribution >= 0.6 is 34.3 Å². The third-order valence-corrected chi connectivity index (χ3v) is 9.05. The summed E-state index contributed by atoms with van der Waals surface area (Å²) < 4.78 is 13.6. The van der Waals surface area contributed by atoms with Gasteiger partial charge in [-0.15, -0.1) is 11.3 Å². The van der Waals surface area contributed by atoms with Gasteiger partial charge in [0.1, 0.15) is 24.1 Å². The molecule has 0 bridgehead atoms. The molecular formula is C33H26ClN3O4S2. The van der Waals surface area contributed by atoms with Crippen molar-refractivity contribution in [1.29, 1.82) is 0 Å². The van der Waals surface area contributed by atoms with Crippen LogP contribution < -0.4 is 29.7 Å². The van der Waals surface area contributed by atoms with Crippen molar-refractivity contribution in [3.63, 3.8) is 0 Å². The molecule has 1 unspecified atom stereocenters. The van der Waals surface area contributed by atoms with Gasteiger partial charge < -0.3 is 14.8 Å². The fourth-order valence-corrected chi connectivity index (χ4v) is 6.97. The number of methoxy groups -OCH3 is 1. The maximum Gasteiger partial charge on any atom is 0.271 e. The maximum absolute atomic E-state index is 14.0. The average Bonchev–Trinajstić information content (AvgIpc) is 3.64. The minimum absolute atomic E-state index is 0.216. The fraction of sp³-hybridized carbons (Fsp3) is 0.121. The number of hydrogen-bond acceptors (Lipinski definition) is 7. The summed E-state index contributed by atoms with van der Waals surface area (Å²) in [6, 6.07) is 25.4. The van der Waals surface area contributed by atoms with Crippen LogP contribution in [0.2, 0.25) is 5.02 Å². The highest BCUT2D eigenvalue weighted by atomic mass is 35.5. The first-order valence-electron chi connectivity index (χ1n) is 13.4. The quantitative estimate of drug-likeness (QED) is 0.223. The Morgan fingerprint density at radius 3 is 2.65 bits per heavy atom. The fourth-order valence-electron chi connectivity index (χ4n) is 4.92. The maximum atomic E-state index is 14.0. The van der Waals surface area contributed by atoms with Gasteiger partial charge in [0.05, 0.1) is 22.9 Å². The Labute approximate surface area is 260 Å². The van der Waals surface area contributed by atoms with Crippen molar-refractivity contribution < 1.29 is 14.3 Å². The van der Waals surface area contributed by atoms with E-state index in [1.807, 2.05) is 91.2 Å². The van der Waals surface area contributed by atoms with Crippen molar-refractivity contribution in [2.24, 2.45) is 4.99 Å². The molecule has 3 aromatic carbocycles. The zero-order chi connectivity index (χ0) is 29.9. The second-order valence-corrected chi connectivity index (χ2v) is 12.2. The number of amides is 1. The number of carbonyl (C=O) groups excluding carboxylic acids is 1. The van der Waals surface area contributed by atoms with Crippen LogP contribution in [0.3, 0.4) is 0 Å². The van der Waals surface area contributed by atoms with Gasteiger partial charge >= 0.3 is 0 Å². The van der Waals surface area contributed by atoms with Crippen LogP contribution in [-0.2, 0) is 11.4 Å². The van der Waals surface area contributed by atoms with Gasteiger partial charge in [-0.05, 0) is 72.5 Å². The highest BCUT2D eigenvalue weighted by Crippen LogP contribution is 2.33. The molecule has 1 aliphatic heterocycles. The molecule has 0 fully saturated rings. The summed E-state index contributed by atoms with van der Waals surface area (Å²) in [5.74, 6) is 1.02. The predicted molar refractivity (Wildman–Crippen MR) is 172 cm³/mol. The monoisotopic (exact) mass is 627 g/mol. The molecule has 3 heterocycles. The van der Waals surface area contributed by atoms with E-state index < -0.39 is 6.04 Å². The molecule has 0 radical (unpaired) electrons. The molecule has 0 saturated heterocycles. The van der Waals surface area contributed by atoms with E-state index in [9.17, 15) is 9.59 Å². The number of para-hydroxylation sites is 1. The zero-order valence-corrected chi connectivity index (χ0v) is 25.6. The van der Waals surface area contributed by atoms with Crippen LogP contribution in [0.5, 0.6) is 11.5 Å². The first-order chi connectivity index (χ1) is 20.9. The molecule has 1 atom stereocenters. The number of thiophene rings is 1. The van der Waals surface area contributed by atoms with E-state index in [1.54, 1.807) is 23.8 Å². The Morgan fingerprint density at radius 1 is 1.07 bits per heavy atom. The molecule has 216 valence electrons. The van der Waals surface area contributed by atoms with Crippen molar-refractivity contribution in [2.45, 2.75) is 19.6 Å². The number of benzene rings is 3. The highest BCUT2D eigenvalue weighted by molar-refractivity contribution is 7.10. The molecule has 1 N–H and O–H groups in total. The van der Waals surface area contributed by atoms with E-state index in [0.29, 0.717) is 42.8 Å². The number of ether oxygens (including phenoxy) is 2. The lowest BCUT2D eigenvalue weighted by Gasteiger charge is -2.24. The molecule has 10 heteroatoms. The van der Waals surface area contributed by atoms with Gasteiger partial charge in [0.15, 0.2) is 4.80 Å². The Bertz CT molecular complexity index is 2020. The van der Waals surface area contributed by atoms with Gasteiger partial charge in [0, 0.05) is 21.2 Å². The third-order valence-electron chi connectivity index (χ3n) is 6.90. The SMILES string of the molecule is COc1ccc(/C=c2\sc3n(c2=O)C(c2cccs2)C(C(=O)Nc2ccccc2)=C(C)N=3)cc1COc1cccc(Cl)c1. The van der Waals surface area contributed by atoms with E-state index in [1.165, 1.54) is 22.7 Å². The molecule has 0 aliphatic carbocycles. The van der Waals surface area contributed by atoms with Crippen molar-refractivity contribution in [3.05, 3.63) is 142 Å². The number of rotatable bonds is 8. The summed E-state index contributed by atoms with van der Waals surface area (Å²) in [5.41, 5.74) is 3.09. The smallest absolute Gasteiger partial charge is 0.271 e. The second-order valence-electron chi connectivity index (χ2n) is 9.73. The summed E-state index contributed by atoms with van der Waals surface area (Å²) in [7, 11) is 1.61. The molecule has 1 amide bonds. The van der Waals surface area contributed by atoms with Crippen LogP contribution in [0, 0.1) is 0 Å². The summed E-state index contributed by atoms with van der Waals surface area (Å²) >= 11 is 8.90. The molecule has 2 aromatic heterocycles. The van der Waals surface area contributed by atoms with Crippen molar-refractivity contribution >= 4 is 51.9 Å². The number of aromatic nitrogens is 1. The van der Waals surface area contributed by atoms with Crippen LogP contribution in [0.25, 0.3) is 6.08 Å². The lowest BCUT2D eigenvalue weighted by molar-refractivity contribution is -0.113. The van der Waals surface area contributed by atoms with Crippen LogP contribution in [0.4, 0.5) is 5.69 Å². The molecular weight excluding hydrogens is 602 g/mol. The Morgan fingerprint density at radius 2 is 1.91 bits per heavy atom. The number of carbonyl (C=O) groups is 1. The molecule has 5 aromatic rings. The first kappa shape index (κ1) is 28.7. The minimum atomic E-state index is -0.598. The normalized spacial score (nSPS) is 14.7. The number of nitrogens with one attached hydrogen (secondary N) is 1. The van der Waals surface area contributed by atoms with Gasteiger partial charge in [-0.2, -0.15) is 0 Å². The Kier molecular flexibility index (Phi) is 8.29. The van der Waals surface area contributed by atoms with Gasteiger partial charge in [0.2, 0.25) is 0 Å². The number of halogens is 1. The number of anilines is 1. The molecule has 0 saturated carbocycles. The van der Waals surface area contributed by atoms with E-state index in [0.717, 1.165) is 16.0 Å². The molecule has 6 rings (SSSR count). The van der Waals surface area contributed by atoms with E-state index in [4.69, 9.17) is 26.1 Å². The van der Waals surface area contributed by atoms with Gasteiger partial charge in [-0.3, -0.25) is 14.2 Å². The minimum Gasteiger partial charge on any atom is -0.496 e. The van der Waals surface area contributed by atoms with E-state index in [-0.39, 0.29) is 18.1 Å². The largest absolute Gasteiger partial charge is 0.496 e. The number of thiazole rings is 1. The van der Waals surface area contributed by atoms with Gasteiger partial charge in [-0.1, -0.05) is 59.3 Å². The summed E-state index contributed by atoms with van der Waals surface area (Å²) in [5, 5.41) is 5.50. The second kappa shape index (κ2) is 12.4. The standard InChI is InChI=1S/C33H26ClN3O4S2/c1-20-29(31(38)36-24-9-4-3-5-10-24)30(27-12-7-15-42-27)37-32(39)28(43-33(37)35-20)17-21-13-14-26(40-2)22(16-21)19-41-25-11-6-8-23(34)18-25/h3-18,30H,19H2,1-2H3,(H,36,38)/b28-17-. The van der Waals surface area contributed by atoms with Crippen LogP contribution in [-0.4, -0.2) is 17.6 Å². The van der Waals surface area contributed by atoms with Crippen LogP contribution in [0.1, 0.15) is 29.0 Å². The number of allylic oxidation sites excluding steroid dienone is 1. The van der Waals surface area contributed by atoms with Crippen LogP contribution in [0.15, 0.2) is 111 Å². The molecule has 7 nitrogen and oxygen atoms in total. The Balaban J connectivity index is 1.38. The van der Waals surface area contributed by atoms with Crippen molar-refractivity contribution in [3.8, 4) is 11.5 Å². The van der Waals surface area contributed by atoms with Gasteiger partial charge in [-0.25, -0.2) is 4.99 Å². The third kappa shape index (κ3) is 6.06. The Hall–Kier alpha value is -4.44. The molecule has 43 heavy (non-hydrogen) atoms. The molecule has 1 aliphatic rings. The lowest BCUT2D eigenvalue weighted by Crippen LogP contribution is -2.40. The average molecular weight is 628 g/mol. The number of nitrogens with zero attached hydrogens (tertiary/aromatic N) is 2. The molecule has 0 spiro atoms. The zero-order valence-electron chi connectivity index (χ0n) is 23.2. The summed E-state index contributed by atoms with van der Waals surface area (Å²) in [6.45, 7) is 2.07. The van der Waals surface area contributed by atoms with Crippen molar-refractivity contribution in [2.75, 3.05) is 12.4 Å². The topological polar surface area (TPSA) is 81.9 Å². The number of hydrogen-bond donors (Lipinski definition) is 1. The predicted octanol–water partition coefficient (Wildman–Crippen LogP) is 6.18. The van der Waals surface area contributed by atoms with E-state index in [2.05, 4.69) is 5.32 Å². The number of fused-ring (bicyclic) bond motifs is 1. The van der Waals surface area contributed by atoms with Gasteiger partial charge in [0.25, 0.3) is 11.5 Å². The first-order valence-corrected chi connectivity index (χ1v) is 15.5. The highest BCUT2D eigenvalue weighted by Gasteiger charge is 2.33. The lowest BCUT2D eigenvalue weighted by atomic mass is 10.0.